The van der Waals surface area contributed by atoms with Gasteiger partial charge in [-0.15, -0.1) is 10.2 Å². The second kappa shape index (κ2) is 6.62. The molecule has 28 heavy (non-hydrogen) atoms. The molecule has 1 aliphatic rings. The average Bonchev–Trinajstić information content (AvgIpc) is 3.26. The van der Waals surface area contributed by atoms with Crippen LogP contribution in [0.15, 0.2) is 6.07 Å². The molecule has 0 atom stereocenters. The summed E-state index contributed by atoms with van der Waals surface area (Å²) in [7, 11) is 0. The monoisotopic (exact) mass is 398 g/mol. The van der Waals surface area contributed by atoms with Gasteiger partial charge in [0.15, 0.2) is 5.65 Å². The number of amides is 1. The number of nitrogens with zero attached hydrogens (tertiary/aromatic N) is 5. The highest BCUT2D eigenvalue weighted by Gasteiger charge is 2.29. The summed E-state index contributed by atoms with van der Waals surface area (Å²) in [6.07, 6.45) is 2.33. The molecule has 0 spiro atoms. The average molecular weight is 399 g/mol. The minimum atomic E-state index is -0.235. The maximum Gasteiger partial charge on any atom is 0.258 e. The lowest BCUT2D eigenvalue weighted by molar-refractivity contribution is 0.102. The summed E-state index contributed by atoms with van der Waals surface area (Å²) >= 11 is 1.47. The highest BCUT2D eigenvalue weighted by atomic mass is 32.1. The van der Waals surface area contributed by atoms with E-state index >= 15 is 0 Å². The lowest BCUT2D eigenvalue weighted by Crippen LogP contribution is -2.24. The lowest BCUT2D eigenvalue weighted by atomic mass is 10.0. The molecule has 0 saturated heterocycles. The molecule has 0 aromatic carbocycles. The van der Waals surface area contributed by atoms with Gasteiger partial charge < -0.3 is 0 Å². The third kappa shape index (κ3) is 3.41. The number of carbonyl (C=O) groups excluding carboxylic acids is 1. The molecule has 4 rings (SSSR count). The van der Waals surface area contributed by atoms with Crippen LogP contribution in [0.5, 0.6) is 0 Å². The van der Waals surface area contributed by atoms with Crippen molar-refractivity contribution in [3.05, 3.63) is 28.0 Å². The maximum absolute atomic E-state index is 13.2. The minimum Gasteiger partial charge on any atom is -0.296 e. The summed E-state index contributed by atoms with van der Waals surface area (Å²) in [6, 6.07) is 1.88. The zero-order valence-electron chi connectivity index (χ0n) is 17.2. The van der Waals surface area contributed by atoms with E-state index < -0.39 is 0 Å². The fourth-order valence-corrected chi connectivity index (χ4v) is 4.10. The summed E-state index contributed by atoms with van der Waals surface area (Å²) in [6.45, 7) is 12.3. The Morgan fingerprint density at radius 1 is 1.29 bits per heavy atom. The Labute approximate surface area is 168 Å². The first-order valence-corrected chi connectivity index (χ1v) is 10.5. The summed E-state index contributed by atoms with van der Waals surface area (Å²) in [5, 5.41) is 18.3. The summed E-state index contributed by atoms with van der Waals surface area (Å²) in [5.74, 6) is 0.530. The predicted octanol–water partition coefficient (Wildman–Crippen LogP) is 4.60. The third-order valence-electron chi connectivity index (χ3n) is 4.89. The van der Waals surface area contributed by atoms with Crippen LogP contribution in [0.4, 0.5) is 5.13 Å². The van der Waals surface area contributed by atoms with E-state index in [2.05, 4.69) is 50.1 Å². The van der Waals surface area contributed by atoms with Gasteiger partial charge in [0.2, 0.25) is 5.13 Å². The van der Waals surface area contributed by atoms with Crippen molar-refractivity contribution in [1.82, 2.24) is 25.0 Å². The number of hydrogen-bond acceptors (Lipinski definition) is 6. The van der Waals surface area contributed by atoms with Crippen LogP contribution in [0.1, 0.15) is 86.0 Å². The molecule has 0 unspecified atom stereocenters. The normalized spacial score (nSPS) is 14.8. The smallest absolute Gasteiger partial charge is 0.258 e. The molecule has 7 nitrogen and oxygen atoms in total. The van der Waals surface area contributed by atoms with Crippen molar-refractivity contribution >= 4 is 33.4 Å². The van der Waals surface area contributed by atoms with E-state index in [-0.39, 0.29) is 17.4 Å². The third-order valence-corrected chi connectivity index (χ3v) is 5.89. The molecule has 1 amide bonds. The number of aryl methyl sites for hydroxylation is 1. The standard InChI is InChI=1S/C20H26N6OS/c1-10(2)14-9-13(15-11(3)25-26(16(15)21-14)20(4,5)6)17(27)22-19-24-23-18(28-19)12-7-8-12/h9-10,12H,7-8H2,1-6H3,(H,22,24,27). The number of rotatable bonds is 4. The van der Waals surface area contributed by atoms with Crippen molar-refractivity contribution in [2.45, 2.75) is 71.8 Å². The Morgan fingerprint density at radius 3 is 2.61 bits per heavy atom. The Kier molecular flexibility index (Phi) is 4.49. The zero-order chi connectivity index (χ0) is 20.2. The Balaban J connectivity index is 1.79. The van der Waals surface area contributed by atoms with Gasteiger partial charge in [0.05, 0.1) is 22.2 Å². The largest absolute Gasteiger partial charge is 0.296 e. The second-order valence-electron chi connectivity index (χ2n) is 8.79. The van der Waals surface area contributed by atoms with E-state index in [4.69, 9.17) is 10.1 Å². The molecular weight excluding hydrogens is 372 g/mol. The van der Waals surface area contributed by atoms with E-state index in [1.165, 1.54) is 11.3 Å². The molecular formula is C20H26N6OS. The van der Waals surface area contributed by atoms with Gasteiger partial charge in [-0.25, -0.2) is 9.67 Å². The number of fused-ring (bicyclic) bond motifs is 1. The Morgan fingerprint density at radius 2 is 2.00 bits per heavy atom. The summed E-state index contributed by atoms with van der Waals surface area (Å²) in [4.78, 5) is 18.0. The summed E-state index contributed by atoms with van der Waals surface area (Å²) < 4.78 is 1.91. The number of anilines is 1. The Hall–Kier alpha value is -2.35. The summed E-state index contributed by atoms with van der Waals surface area (Å²) in [5.41, 5.74) is 2.77. The minimum absolute atomic E-state index is 0.190. The molecule has 0 radical (unpaired) electrons. The van der Waals surface area contributed by atoms with Crippen LogP contribution >= 0.6 is 11.3 Å². The van der Waals surface area contributed by atoms with E-state index in [9.17, 15) is 4.79 Å². The van der Waals surface area contributed by atoms with E-state index in [1.54, 1.807) is 0 Å². The van der Waals surface area contributed by atoms with Crippen molar-refractivity contribution < 1.29 is 4.79 Å². The molecule has 0 bridgehead atoms. The van der Waals surface area contributed by atoms with Crippen molar-refractivity contribution in [3.8, 4) is 0 Å². The predicted molar refractivity (Wildman–Crippen MR) is 111 cm³/mol. The van der Waals surface area contributed by atoms with Crippen molar-refractivity contribution in [3.63, 3.8) is 0 Å². The van der Waals surface area contributed by atoms with Gasteiger partial charge in [0.25, 0.3) is 5.91 Å². The van der Waals surface area contributed by atoms with Crippen LogP contribution in [0.25, 0.3) is 11.0 Å². The molecule has 1 aliphatic carbocycles. The van der Waals surface area contributed by atoms with Gasteiger partial charge in [-0.1, -0.05) is 25.2 Å². The van der Waals surface area contributed by atoms with Gasteiger partial charge >= 0.3 is 0 Å². The second-order valence-corrected chi connectivity index (χ2v) is 9.80. The zero-order valence-corrected chi connectivity index (χ0v) is 18.0. The molecule has 3 heterocycles. The fourth-order valence-electron chi connectivity index (χ4n) is 3.20. The topological polar surface area (TPSA) is 85.6 Å². The van der Waals surface area contributed by atoms with Crippen LogP contribution in [0, 0.1) is 6.92 Å². The molecule has 3 aromatic rings. The molecule has 3 aromatic heterocycles. The van der Waals surface area contributed by atoms with Gasteiger partial charge in [-0.3, -0.25) is 10.1 Å². The van der Waals surface area contributed by atoms with Crippen LogP contribution in [-0.4, -0.2) is 30.9 Å². The number of hydrogen-bond donors (Lipinski definition) is 1. The van der Waals surface area contributed by atoms with E-state index in [1.807, 2.05) is 17.7 Å². The first-order valence-electron chi connectivity index (χ1n) is 9.70. The van der Waals surface area contributed by atoms with Crippen LogP contribution < -0.4 is 5.32 Å². The van der Waals surface area contributed by atoms with Crippen LogP contribution in [0.2, 0.25) is 0 Å². The first kappa shape index (κ1) is 19.0. The molecule has 8 heteroatoms. The molecule has 0 aliphatic heterocycles. The highest BCUT2D eigenvalue weighted by molar-refractivity contribution is 7.15. The van der Waals surface area contributed by atoms with Crippen LogP contribution in [-0.2, 0) is 5.54 Å². The van der Waals surface area contributed by atoms with Gasteiger partial charge in [-0.2, -0.15) is 5.10 Å². The number of aromatic nitrogens is 5. The highest BCUT2D eigenvalue weighted by Crippen LogP contribution is 2.42. The maximum atomic E-state index is 13.2. The fraction of sp³-hybridized carbons (Fsp3) is 0.550. The number of nitrogens with one attached hydrogen (secondary N) is 1. The van der Waals surface area contributed by atoms with Crippen molar-refractivity contribution in [2.75, 3.05) is 5.32 Å². The lowest BCUT2D eigenvalue weighted by Gasteiger charge is -2.20. The molecule has 1 fully saturated rings. The van der Waals surface area contributed by atoms with Crippen LogP contribution in [0.3, 0.4) is 0 Å². The Bertz CT molecular complexity index is 1050. The molecule has 1 N–H and O–H groups in total. The van der Waals surface area contributed by atoms with Gasteiger partial charge in [-0.05, 0) is 52.5 Å². The first-order chi connectivity index (χ1) is 13.1. The number of pyridine rings is 1. The number of carbonyl (C=O) groups is 1. The SMILES string of the molecule is Cc1nn(C(C)(C)C)c2nc(C(C)C)cc(C(=O)Nc3nnc(C4CC4)s3)c12. The molecule has 1 saturated carbocycles. The molecule has 148 valence electrons. The van der Waals surface area contributed by atoms with Gasteiger partial charge in [0.1, 0.15) is 5.01 Å². The van der Waals surface area contributed by atoms with E-state index in [0.717, 1.165) is 40.3 Å². The van der Waals surface area contributed by atoms with E-state index in [0.29, 0.717) is 16.6 Å². The van der Waals surface area contributed by atoms with Crippen molar-refractivity contribution in [2.24, 2.45) is 0 Å². The van der Waals surface area contributed by atoms with Gasteiger partial charge in [0, 0.05) is 11.6 Å². The van der Waals surface area contributed by atoms with Crippen molar-refractivity contribution in [1.29, 1.82) is 0 Å². The quantitative estimate of drug-likeness (QED) is 0.694.